The number of nitrogens with zero attached hydrogens (tertiary/aromatic N) is 1. The second-order valence-corrected chi connectivity index (χ2v) is 9.35. The van der Waals surface area contributed by atoms with E-state index in [1.54, 1.807) is 0 Å². The largest absolute Gasteiger partial charge is 0.307 e. The fourth-order valence-electron chi connectivity index (χ4n) is 5.13. The molecule has 0 aliphatic heterocycles. The molecule has 1 aliphatic rings. The minimum absolute atomic E-state index is 0.120. The van der Waals surface area contributed by atoms with Gasteiger partial charge in [0, 0.05) is 26.8 Å². The Morgan fingerprint density at radius 1 is 0.733 bits per heavy atom. The molecule has 0 saturated carbocycles. The van der Waals surface area contributed by atoms with Crippen LogP contribution < -0.4 is 0 Å². The first kappa shape index (κ1) is 18.1. The van der Waals surface area contributed by atoms with E-state index in [1.807, 2.05) is 24.3 Å². The zero-order valence-corrected chi connectivity index (χ0v) is 18.2. The van der Waals surface area contributed by atoms with E-state index in [0.717, 1.165) is 21.2 Å². The van der Waals surface area contributed by atoms with Crippen LogP contribution in [0.15, 0.2) is 78.9 Å². The monoisotopic (exact) mass is 427 g/mol. The molecule has 1 aliphatic carbocycles. The zero-order chi connectivity index (χ0) is 20.6. The highest BCUT2D eigenvalue weighted by atomic mass is 35.5. The van der Waals surface area contributed by atoms with Crippen LogP contribution in [-0.4, -0.2) is 4.57 Å². The minimum atomic E-state index is -0.120. The molecule has 3 heteroatoms. The second kappa shape index (κ2) is 6.14. The van der Waals surface area contributed by atoms with Crippen LogP contribution in [0.4, 0.5) is 0 Å². The van der Waals surface area contributed by atoms with Crippen molar-refractivity contribution in [1.82, 2.24) is 4.57 Å². The summed E-state index contributed by atoms with van der Waals surface area (Å²) in [5.41, 5.74) is 8.37. The molecule has 6 rings (SSSR count). The van der Waals surface area contributed by atoms with Crippen LogP contribution in [-0.2, 0) is 5.41 Å². The average molecular weight is 428 g/mol. The molecule has 0 spiro atoms. The second-order valence-electron chi connectivity index (χ2n) is 8.50. The Hall–Kier alpha value is -2.74. The quantitative estimate of drug-likeness (QED) is 0.253. The number of benzene rings is 4. The van der Waals surface area contributed by atoms with Crippen molar-refractivity contribution in [2.24, 2.45) is 0 Å². The van der Waals surface area contributed by atoms with Gasteiger partial charge in [0.25, 0.3) is 0 Å². The molecule has 1 aromatic heterocycles. The fourth-order valence-corrected chi connectivity index (χ4v) is 5.52. The Bertz CT molecular complexity index is 1490. The first-order valence-electron chi connectivity index (χ1n) is 10.1. The molecule has 30 heavy (non-hydrogen) atoms. The van der Waals surface area contributed by atoms with E-state index < -0.39 is 0 Å². The molecule has 0 fully saturated rings. The molecule has 4 aromatic carbocycles. The molecule has 0 atom stereocenters. The van der Waals surface area contributed by atoms with Crippen molar-refractivity contribution in [2.45, 2.75) is 19.3 Å². The van der Waals surface area contributed by atoms with Gasteiger partial charge in [0.05, 0.1) is 21.7 Å². The van der Waals surface area contributed by atoms with Gasteiger partial charge in [0.1, 0.15) is 0 Å². The normalized spacial score (nSPS) is 14.3. The summed E-state index contributed by atoms with van der Waals surface area (Å²) in [7, 11) is 0. The van der Waals surface area contributed by atoms with Crippen molar-refractivity contribution >= 4 is 45.0 Å². The van der Waals surface area contributed by atoms with Crippen LogP contribution in [0.2, 0.25) is 10.0 Å². The van der Waals surface area contributed by atoms with Gasteiger partial charge < -0.3 is 4.57 Å². The number of hydrogen-bond acceptors (Lipinski definition) is 0. The predicted molar refractivity (Wildman–Crippen MR) is 128 cm³/mol. The average Bonchev–Trinajstić information content (AvgIpc) is 3.18. The molecular weight excluding hydrogens is 409 g/mol. The first-order valence-corrected chi connectivity index (χ1v) is 10.9. The molecule has 0 bridgehead atoms. The van der Waals surface area contributed by atoms with E-state index in [9.17, 15) is 0 Å². The summed E-state index contributed by atoms with van der Waals surface area (Å²) in [4.78, 5) is 0. The number of aromatic nitrogens is 1. The summed E-state index contributed by atoms with van der Waals surface area (Å²) >= 11 is 13.1. The maximum atomic E-state index is 6.71. The fraction of sp³-hybridized carbons (Fsp3) is 0.111. The van der Waals surface area contributed by atoms with E-state index in [-0.39, 0.29) is 5.41 Å². The number of hydrogen-bond donors (Lipinski definition) is 0. The van der Waals surface area contributed by atoms with E-state index in [1.165, 1.54) is 38.5 Å². The van der Waals surface area contributed by atoms with Crippen LogP contribution in [0.3, 0.4) is 0 Å². The highest BCUT2D eigenvalue weighted by Crippen LogP contribution is 2.53. The van der Waals surface area contributed by atoms with Gasteiger partial charge in [-0.3, -0.25) is 0 Å². The smallest absolute Gasteiger partial charge is 0.0648 e. The highest BCUT2D eigenvalue weighted by molar-refractivity contribution is 6.33. The van der Waals surface area contributed by atoms with Crippen molar-refractivity contribution in [1.29, 1.82) is 0 Å². The third-order valence-corrected chi connectivity index (χ3v) is 7.08. The Kier molecular flexibility index (Phi) is 3.69. The summed E-state index contributed by atoms with van der Waals surface area (Å²) in [5, 5.41) is 3.99. The number of fused-ring (bicyclic) bond motifs is 7. The van der Waals surface area contributed by atoms with E-state index in [0.29, 0.717) is 0 Å². The van der Waals surface area contributed by atoms with Crippen LogP contribution in [0.5, 0.6) is 0 Å². The summed E-state index contributed by atoms with van der Waals surface area (Å²) in [6, 6.07) is 27.5. The standard InChI is InChI=1S/C27H19Cl2N/c1-27(2)20-14-13-18-17-7-3-5-9-23(17)30(24-10-6-4-8-22(24)29)26(18)25(20)19-12-11-16(28)15-21(19)27/h3-15H,1-2H3. The van der Waals surface area contributed by atoms with Crippen LogP contribution >= 0.6 is 23.2 Å². The van der Waals surface area contributed by atoms with Gasteiger partial charge in [-0.1, -0.05) is 85.6 Å². The first-order chi connectivity index (χ1) is 14.5. The Balaban J connectivity index is 1.88. The molecule has 5 aromatic rings. The molecule has 0 amide bonds. The van der Waals surface area contributed by atoms with Crippen molar-refractivity contribution in [2.75, 3.05) is 0 Å². The molecule has 0 saturated heterocycles. The lowest BCUT2D eigenvalue weighted by Crippen LogP contribution is -2.14. The summed E-state index contributed by atoms with van der Waals surface area (Å²) < 4.78 is 2.33. The molecule has 1 nitrogen and oxygen atoms in total. The van der Waals surface area contributed by atoms with Gasteiger partial charge in [-0.25, -0.2) is 0 Å². The summed E-state index contributed by atoms with van der Waals surface area (Å²) in [6.45, 7) is 4.56. The minimum Gasteiger partial charge on any atom is -0.307 e. The highest BCUT2D eigenvalue weighted by Gasteiger charge is 2.38. The van der Waals surface area contributed by atoms with Crippen LogP contribution in [0.25, 0.3) is 38.6 Å². The van der Waals surface area contributed by atoms with Gasteiger partial charge in [-0.2, -0.15) is 0 Å². The zero-order valence-electron chi connectivity index (χ0n) is 16.7. The van der Waals surface area contributed by atoms with E-state index in [2.05, 4.69) is 73.0 Å². The maximum Gasteiger partial charge on any atom is 0.0648 e. The SMILES string of the molecule is CC1(C)c2cc(Cl)ccc2-c2c1ccc1c3ccccc3n(-c3ccccc3Cl)c21. The van der Waals surface area contributed by atoms with Crippen LogP contribution in [0.1, 0.15) is 25.0 Å². The van der Waals surface area contributed by atoms with Crippen molar-refractivity contribution in [3.8, 4) is 16.8 Å². The molecule has 0 N–H and O–H groups in total. The molecule has 0 radical (unpaired) electrons. The van der Waals surface area contributed by atoms with Gasteiger partial charge in [0.15, 0.2) is 0 Å². The lowest BCUT2D eigenvalue weighted by Gasteiger charge is -2.21. The van der Waals surface area contributed by atoms with Crippen LogP contribution in [0, 0.1) is 0 Å². The van der Waals surface area contributed by atoms with E-state index >= 15 is 0 Å². The third kappa shape index (κ3) is 2.25. The topological polar surface area (TPSA) is 4.93 Å². The third-order valence-electron chi connectivity index (χ3n) is 6.53. The van der Waals surface area contributed by atoms with Crippen molar-refractivity contribution in [3.63, 3.8) is 0 Å². The van der Waals surface area contributed by atoms with Crippen molar-refractivity contribution < 1.29 is 0 Å². The predicted octanol–water partition coefficient (Wildman–Crippen LogP) is 8.40. The lowest BCUT2D eigenvalue weighted by atomic mass is 9.82. The Labute approximate surface area is 185 Å². The maximum absolute atomic E-state index is 6.71. The number of halogens is 2. The molecule has 0 unspecified atom stereocenters. The lowest BCUT2D eigenvalue weighted by molar-refractivity contribution is 0.661. The Morgan fingerprint density at radius 3 is 2.33 bits per heavy atom. The molecular formula is C27H19Cl2N. The Morgan fingerprint density at radius 2 is 1.50 bits per heavy atom. The van der Waals surface area contributed by atoms with Gasteiger partial charge in [0.2, 0.25) is 0 Å². The summed E-state index contributed by atoms with van der Waals surface area (Å²) in [5.74, 6) is 0. The van der Waals surface area contributed by atoms with E-state index in [4.69, 9.17) is 23.2 Å². The van der Waals surface area contributed by atoms with Crippen molar-refractivity contribution in [3.05, 3.63) is 100 Å². The van der Waals surface area contributed by atoms with Gasteiger partial charge in [-0.15, -0.1) is 0 Å². The molecule has 1 heterocycles. The molecule has 146 valence electrons. The van der Waals surface area contributed by atoms with Gasteiger partial charge >= 0.3 is 0 Å². The number of para-hydroxylation sites is 2. The number of rotatable bonds is 1. The van der Waals surface area contributed by atoms with Gasteiger partial charge in [-0.05, 0) is 47.0 Å². The summed E-state index contributed by atoms with van der Waals surface area (Å²) in [6.07, 6.45) is 0.